The molecule has 5 rings (SSSR count). The average molecular weight is 669 g/mol. The molecule has 0 amide bonds. The van der Waals surface area contributed by atoms with Crippen molar-refractivity contribution in [1.29, 1.82) is 0 Å². The molecule has 12 heteroatoms. The van der Waals surface area contributed by atoms with Gasteiger partial charge in [-0.3, -0.25) is 19.2 Å². The summed E-state index contributed by atoms with van der Waals surface area (Å²) in [6.07, 6.45) is 3.28. The van der Waals surface area contributed by atoms with Gasteiger partial charge < -0.3 is 28.1 Å². The van der Waals surface area contributed by atoms with Gasteiger partial charge >= 0.3 is 29.8 Å². The van der Waals surface area contributed by atoms with Gasteiger partial charge in [-0.25, -0.2) is 9.59 Å². The summed E-state index contributed by atoms with van der Waals surface area (Å²) in [6.45, 7) is 12.6. The number of hydrogen-bond acceptors (Lipinski definition) is 12. The molecule has 48 heavy (non-hydrogen) atoms. The zero-order valence-corrected chi connectivity index (χ0v) is 28.9. The molecule has 0 aromatic carbocycles. The fourth-order valence-corrected chi connectivity index (χ4v) is 9.40. The standard InChI is InChI=1S/C36H44O12/c1-10-18(2)29(40)47-32-33(5,6)27(26(30(41)43-9)45-19(3)37)35(8)23-11-13-34(7)24(15-25(39)46-28(34)21-12-14-44-17-21)22(23)16-36(32,31(35)42)48-20(4)38/h10,12,14,16-17,23-24,26-28,32H,11,13,15H2,1-9H3/b18-10+/t23-,24-,26?,27-,28-,32-,34+,35+,36-/m0/s1. The van der Waals surface area contributed by atoms with Crippen LogP contribution in [0.5, 0.6) is 0 Å². The summed E-state index contributed by atoms with van der Waals surface area (Å²) < 4.78 is 34.3. The summed E-state index contributed by atoms with van der Waals surface area (Å²) in [7, 11) is 1.15. The molecule has 9 atom stereocenters. The predicted molar refractivity (Wildman–Crippen MR) is 166 cm³/mol. The van der Waals surface area contributed by atoms with Crippen molar-refractivity contribution in [3.8, 4) is 0 Å². The smallest absolute Gasteiger partial charge is 0.347 e. The molecular formula is C36H44O12. The number of fused-ring (bicyclic) bond motifs is 6. The number of Topliss-reactive ketones (excluding diaryl/α,β-unsaturated/α-hetero) is 1. The second-order valence-electron chi connectivity index (χ2n) is 14.5. The third-order valence-corrected chi connectivity index (χ3v) is 11.4. The molecule has 0 N–H and O–H groups in total. The Balaban J connectivity index is 1.84. The molecule has 0 radical (unpaired) electrons. The van der Waals surface area contributed by atoms with E-state index in [0.717, 1.165) is 21.0 Å². The summed E-state index contributed by atoms with van der Waals surface area (Å²) in [5, 5.41) is 0. The largest absolute Gasteiger partial charge is 0.472 e. The van der Waals surface area contributed by atoms with E-state index in [9.17, 15) is 24.0 Å². The van der Waals surface area contributed by atoms with Crippen LogP contribution in [0.2, 0.25) is 0 Å². The number of allylic oxidation sites excluding steroid dienone is 2. The van der Waals surface area contributed by atoms with Gasteiger partial charge in [-0.2, -0.15) is 0 Å². The van der Waals surface area contributed by atoms with E-state index in [4.69, 9.17) is 28.1 Å². The van der Waals surface area contributed by atoms with Gasteiger partial charge in [0.2, 0.25) is 11.7 Å². The van der Waals surface area contributed by atoms with Crippen LogP contribution >= 0.6 is 0 Å². The zero-order valence-electron chi connectivity index (χ0n) is 28.9. The Kier molecular flexibility index (Phi) is 8.80. The lowest BCUT2D eigenvalue weighted by molar-refractivity contribution is -0.243. The molecule has 2 bridgehead atoms. The van der Waals surface area contributed by atoms with Crippen LogP contribution in [0.25, 0.3) is 0 Å². The Morgan fingerprint density at radius 3 is 2.27 bits per heavy atom. The first-order valence-corrected chi connectivity index (χ1v) is 16.2. The van der Waals surface area contributed by atoms with Gasteiger partial charge in [0, 0.05) is 47.1 Å². The lowest BCUT2D eigenvalue weighted by Gasteiger charge is -2.66. The molecule has 12 nitrogen and oxygen atoms in total. The maximum Gasteiger partial charge on any atom is 0.347 e. The molecule has 260 valence electrons. The van der Waals surface area contributed by atoms with Crippen molar-refractivity contribution in [1.82, 2.24) is 0 Å². The number of ketones is 1. The number of methoxy groups -OCH3 is 1. The van der Waals surface area contributed by atoms with Crippen LogP contribution in [0.1, 0.15) is 86.3 Å². The van der Waals surface area contributed by atoms with Gasteiger partial charge in [-0.05, 0) is 50.7 Å². The van der Waals surface area contributed by atoms with Crippen molar-refractivity contribution in [2.45, 2.75) is 98.6 Å². The van der Waals surface area contributed by atoms with Crippen LogP contribution in [-0.2, 0) is 52.5 Å². The Morgan fingerprint density at radius 1 is 1.02 bits per heavy atom. The molecule has 3 fully saturated rings. The van der Waals surface area contributed by atoms with Crippen molar-refractivity contribution < 1.29 is 56.9 Å². The normalized spacial score (nSPS) is 35.9. The fraction of sp³-hybridized carbons (Fsp3) is 0.611. The number of furan rings is 1. The third kappa shape index (κ3) is 5.09. The number of rotatable bonds is 7. The molecule has 2 saturated carbocycles. The van der Waals surface area contributed by atoms with Crippen LogP contribution in [0.15, 0.2) is 46.3 Å². The Labute approximate surface area is 279 Å². The van der Waals surface area contributed by atoms with E-state index in [-0.39, 0.29) is 12.0 Å². The quantitative estimate of drug-likeness (QED) is 0.170. The van der Waals surface area contributed by atoms with Crippen molar-refractivity contribution in [3.05, 3.63) is 47.5 Å². The van der Waals surface area contributed by atoms with Crippen molar-refractivity contribution >= 4 is 35.6 Å². The number of carbonyl (C=O) groups is 6. The van der Waals surface area contributed by atoms with E-state index in [1.165, 1.54) is 12.5 Å². The topological polar surface area (TPSA) is 162 Å². The molecule has 0 spiro atoms. The SMILES string of the molecule is C/C=C(\C)C(=O)O[C@H]1C(C)(C)[C@H](C(OC(C)=O)C(=O)OC)[C@]2(C)C(=O)[C@@]1(OC(C)=O)C=C1[C@@H]3CC(=O)O[C@@H](c4ccoc4)[C@]3(C)CC[C@@H]12. The van der Waals surface area contributed by atoms with Gasteiger partial charge in [-0.15, -0.1) is 0 Å². The molecule has 1 aromatic heterocycles. The molecule has 1 unspecified atom stereocenters. The summed E-state index contributed by atoms with van der Waals surface area (Å²) in [5.74, 6) is -6.57. The maximum absolute atomic E-state index is 15.3. The first-order valence-electron chi connectivity index (χ1n) is 16.2. The maximum atomic E-state index is 15.3. The first-order chi connectivity index (χ1) is 22.4. The van der Waals surface area contributed by atoms with E-state index in [1.54, 1.807) is 52.8 Å². The lowest BCUT2D eigenvalue weighted by Crippen LogP contribution is -2.77. The lowest BCUT2D eigenvalue weighted by atomic mass is 9.39. The average Bonchev–Trinajstić information content (AvgIpc) is 3.55. The summed E-state index contributed by atoms with van der Waals surface area (Å²) in [6, 6.07) is 1.74. The second-order valence-corrected chi connectivity index (χ2v) is 14.5. The highest BCUT2D eigenvalue weighted by molar-refractivity contribution is 6.01. The number of esters is 5. The molecule has 1 aromatic rings. The summed E-state index contributed by atoms with van der Waals surface area (Å²) in [4.78, 5) is 81.2. The van der Waals surface area contributed by atoms with Crippen LogP contribution in [-0.4, -0.2) is 60.5 Å². The van der Waals surface area contributed by atoms with E-state index < -0.39 is 93.5 Å². The van der Waals surface area contributed by atoms with Crippen molar-refractivity contribution in [3.63, 3.8) is 0 Å². The van der Waals surface area contributed by atoms with E-state index in [2.05, 4.69) is 0 Å². The van der Waals surface area contributed by atoms with Gasteiger partial charge in [-0.1, -0.05) is 39.3 Å². The van der Waals surface area contributed by atoms with Gasteiger partial charge in [0.05, 0.1) is 26.1 Å². The monoisotopic (exact) mass is 668 g/mol. The highest BCUT2D eigenvalue weighted by Crippen LogP contribution is 2.69. The van der Waals surface area contributed by atoms with E-state index in [0.29, 0.717) is 24.0 Å². The Morgan fingerprint density at radius 2 is 1.71 bits per heavy atom. The van der Waals surface area contributed by atoms with Gasteiger partial charge in [0.25, 0.3) is 0 Å². The minimum atomic E-state index is -2.16. The summed E-state index contributed by atoms with van der Waals surface area (Å²) >= 11 is 0. The molecule has 1 aliphatic heterocycles. The molecule has 2 heterocycles. The predicted octanol–water partition coefficient (Wildman–Crippen LogP) is 4.76. The van der Waals surface area contributed by atoms with Crippen LogP contribution in [0.4, 0.5) is 0 Å². The van der Waals surface area contributed by atoms with Gasteiger partial charge in [0.15, 0.2) is 11.9 Å². The Bertz CT molecular complexity index is 1600. The van der Waals surface area contributed by atoms with E-state index >= 15 is 4.79 Å². The van der Waals surface area contributed by atoms with E-state index in [1.807, 2.05) is 6.92 Å². The Hall–Kier alpha value is -4.22. The van der Waals surface area contributed by atoms with Crippen molar-refractivity contribution in [2.75, 3.05) is 7.11 Å². The molecular weight excluding hydrogens is 624 g/mol. The first kappa shape index (κ1) is 35.1. The summed E-state index contributed by atoms with van der Waals surface area (Å²) in [5.41, 5.74) is -4.19. The van der Waals surface area contributed by atoms with Crippen LogP contribution in [0.3, 0.4) is 0 Å². The fourth-order valence-electron chi connectivity index (χ4n) is 9.40. The number of hydrogen-bond donors (Lipinski definition) is 0. The molecule has 1 saturated heterocycles. The highest BCUT2D eigenvalue weighted by atomic mass is 16.6. The number of carbonyl (C=O) groups excluding carboxylic acids is 6. The second kappa shape index (κ2) is 12.0. The van der Waals surface area contributed by atoms with Gasteiger partial charge in [0.1, 0.15) is 6.10 Å². The number of cyclic esters (lactones) is 1. The third-order valence-electron chi connectivity index (χ3n) is 11.4. The minimum Gasteiger partial charge on any atom is -0.472 e. The molecule has 4 aliphatic rings. The minimum absolute atomic E-state index is 0.0336. The van der Waals surface area contributed by atoms with Crippen LogP contribution in [0, 0.1) is 34.0 Å². The highest BCUT2D eigenvalue weighted by Gasteiger charge is 2.77. The van der Waals surface area contributed by atoms with Crippen molar-refractivity contribution in [2.24, 2.45) is 34.0 Å². The van der Waals surface area contributed by atoms with Crippen LogP contribution < -0.4 is 0 Å². The zero-order chi connectivity index (χ0) is 35.6. The number of ether oxygens (including phenoxy) is 5. The molecule has 3 aliphatic carbocycles.